The van der Waals surface area contributed by atoms with Gasteiger partial charge in [0.15, 0.2) is 0 Å². The Bertz CT molecular complexity index is 1900. The van der Waals surface area contributed by atoms with E-state index in [-0.39, 0.29) is 16.2 Å². The molecule has 63 heavy (non-hydrogen) atoms. The highest BCUT2D eigenvalue weighted by Crippen LogP contribution is 2.24. The Kier molecular flexibility index (Phi) is 22.9. The molecule has 0 aliphatic carbocycles. The van der Waals surface area contributed by atoms with Crippen molar-refractivity contribution in [2.24, 2.45) is 21.1 Å². The summed E-state index contributed by atoms with van der Waals surface area (Å²) in [6.07, 6.45) is 19.9. The average molecular weight is 871 g/mol. The third kappa shape index (κ3) is 21.8. The summed E-state index contributed by atoms with van der Waals surface area (Å²) in [6.45, 7) is 38.5. The van der Waals surface area contributed by atoms with Crippen LogP contribution in [0.1, 0.15) is 170 Å². The lowest BCUT2D eigenvalue weighted by atomic mass is 9.90. The Morgan fingerprint density at radius 1 is 0.619 bits per heavy atom. The van der Waals surface area contributed by atoms with Crippen LogP contribution in [-0.4, -0.2) is 78.8 Å². The molecule has 0 spiro atoms. The van der Waals surface area contributed by atoms with Crippen LogP contribution in [0.5, 0.6) is 0 Å². The minimum absolute atomic E-state index is 0.182. The molecular weight excluding hydrogens is 789 g/mol. The van der Waals surface area contributed by atoms with Gasteiger partial charge in [-0.3, -0.25) is 18.7 Å². The Labute approximate surface area is 379 Å². The van der Waals surface area contributed by atoms with Crippen LogP contribution in [-0.2, 0) is 37.4 Å². The number of aromatic nitrogens is 16. The van der Waals surface area contributed by atoms with Crippen molar-refractivity contribution in [3.63, 3.8) is 0 Å². The predicted molar refractivity (Wildman–Crippen MR) is 257 cm³/mol. The summed E-state index contributed by atoms with van der Waals surface area (Å²) in [6, 6.07) is 7.47. The van der Waals surface area contributed by atoms with Crippen molar-refractivity contribution in [2.45, 2.75) is 165 Å². The van der Waals surface area contributed by atoms with Crippen LogP contribution in [0.25, 0.3) is 0 Å². The topological polar surface area (TPSA) is 161 Å². The third-order valence-corrected chi connectivity index (χ3v) is 9.03. The van der Waals surface area contributed by atoms with Gasteiger partial charge in [-0.1, -0.05) is 76.2 Å². The summed E-state index contributed by atoms with van der Waals surface area (Å²) in [7, 11) is 5.87. The maximum Gasteiger partial charge on any atom is 0.137 e. The number of rotatable bonds is 4. The third-order valence-electron chi connectivity index (χ3n) is 9.03. The fraction of sp³-hybridized carbons (Fsp3) is 0.596. The second kappa shape index (κ2) is 26.1. The van der Waals surface area contributed by atoms with Crippen molar-refractivity contribution in [3.8, 4) is 0 Å². The fourth-order valence-electron chi connectivity index (χ4n) is 5.40. The normalized spacial score (nSPS) is 11.2. The number of hydrogen-bond acceptors (Lipinski definition) is 9. The Hall–Kier alpha value is -5.67. The molecule has 0 radical (unpaired) electrons. The van der Waals surface area contributed by atoms with Gasteiger partial charge < -0.3 is 9.55 Å². The van der Waals surface area contributed by atoms with E-state index < -0.39 is 0 Å². The zero-order valence-corrected chi connectivity index (χ0v) is 42.6. The lowest BCUT2D eigenvalue weighted by molar-refractivity contribution is 0.466. The van der Waals surface area contributed by atoms with Crippen molar-refractivity contribution in [3.05, 3.63) is 115 Å². The lowest BCUT2D eigenvalue weighted by Gasteiger charge is -2.19. The molecule has 7 aromatic heterocycles. The predicted octanol–water partition coefficient (Wildman–Crippen LogP) is 10.2. The van der Waals surface area contributed by atoms with Crippen LogP contribution < -0.4 is 0 Å². The van der Waals surface area contributed by atoms with E-state index in [0.29, 0.717) is 24.0 Å². The van der Waals surface area contributed by atoms with Crippen LogP contribution in [0.15, 0.2) is 86.9 Å². The summed E-state index contributed by atoms with van der Waals surface area (Å²) in [4.78, 5) is 8.60. The van der Waals surface area contributed by atoms with Crippen LogP contribution in [0.3, 0.4) is 0 Å². The first-order valence-corrected chi connectivity index (χ1v) is 21.8. The van der Waals surface area contributed by atoms with Gasteiger partial charge in [0.25, 0.3) is 0 Å². The number of aromatic amines is 1. The Balaban J connectivity index is 0.000000369. The molecule has 350 valence electrons. The summed E-state index contributed by atoms with van der Waals surface area (Å²) in [5, 5.41) is 31.7. The molecule has 0 bridgehead atoms. The summed E-state index contributed by atoms with van der Waals surface area (Å²) < 4.78 is 9.37. The highest BCUT2D eigenvalue weighted by Gasteiger charge is 2.20. The van der Waals surface area contributed by atoms with Gasteiger partial charge in [0.2, 0.25) is 0 Å². The van der Waals surface area contributed by atoms with Gasteiger partial charge in [0.1, 0.15) is 25.3 Å². The molecular formula is C47H82N16. The molecule has 7 rings (SSSR count). The highest BCUT2D eigenvalue weighted by atomic mass is 15.5. The van der Waals surface area contributed by atoms with E-state index in [9.17, 15) is 0 Å². The number of nitrogens with one attached hydrogen (secondary N) is 1. The van der Waals surface area contributed by atoms with Crippen LogP contribution in [0, 0.1) is 6.92 Å². The number of nitrogens with zero attached hydrogens (tertiary/aromatic N) is 15. The first kappa shape index (κ1) is 55.3. The van der Waals surface area contributed by atoms with E-state index in [1.54, 1.807) is 47.2 Å². The van der Waals surface area contributed by atoms with Gasteiger partial charge >= 0.3 is 0 Å². The van der Waals surface area contributed by atoms with Crippen LogP contribution >= 0.6 is 0 Å². The molecule has 7 aromatic rings. The Morgan fingerprint density at radius 2 is 1.22 bits per heavy atom. The molecule has 0 aromatic carbocycles. The number of H-pyrrole nitrogens is 1. The molecule has 0 saturated heterocycles. The zero-order valence-electron chi connectivity index (χ0n) is 42.6. The first-order valence-electron chi connectivity index (χ1n) is 21.8. The molecule has 0 fully saturated rings. The lowest BCUT2D eigenvalue weighted by Crippen LogP contribution is -2.17. The number of hydrogen-bond donors (Lipinski definition) is 1. The van der Waals surface area contributed by atoms with E-state index in [2.05, 4.69) is 180 Å². The smallest absolute Gasteiger partial charge is 0.137 e. The molecule has 0 amide bonds. The van der Waals surface area contributed by atoms with Gasteiger partial charge in [-0.15, -0.1) is 10.2 Å². The minimum atomic E-state index is 0.182. The maximum atomic E-state index is 4.30. The average Bonchev–Trinajstić information content (AvgIpc) is 4.02. The van der Waals surface area contributed by atoms with Crippen LogP contribution in [0.4, 0.5) is 0 Å². The van der Waals surface area contributed by atoms with E-state index in [1.807, 2.05) is 84.5 Å². The molecule has 0 saturated carbocycles. The second-order valence-electron chi connectivity index (χ2n) is 19.5. The maximum absolute atomic E-state index is 4.30. The summed E-state index contributed by atoms with van der Waals surface area (Å²) >= 11 is 0. The fourth-order valence-corrected chi connectivity index (χ4v) is 5.40. The standard InChI is InChI=1S/C9H16N2.2C8H14N2.C7H11N.3C5H9N3/c1-7-6-10-11(5)8(7)9(2,3)4;1-8(2,3)7-5-9-10(4)6-7;1-8(2,3)7-5-6-10(4)9-7;1-6(2)7-4-3-5-8-7;1-5(2)8-3-6-7-4-8;1-5(2)8-4-6-3-7-8;1-5(2)8-6-3-4-7-8/h6H,1-5H3;2*5-6H,1-4H3;3-6,8H,1-2H3;3*3-5H,1-2H3. The van der Waals surface area contributed by atoms with Gasteiger partial charge in [0.05, 0.1) is 36.5 Å². The molecule has 0 unspecified atom stereocenters. The molecule has 0 atom stereocenters. The molecule has 7 heterocycles. The van der Waals surface area contributed by atoms with Gasteiger partial charge in [-0.2, -0.15) is 35.4 Å². The van der Waals surface area contributed by atoms with Crippen molar-refractivity contribution < 1.29 is 0 Å². The number of aryl methyl sites for hydroxylation is 4. The SMILES string of the molecule is CC(C)c1ccc[nH]1.CC(C)n1cncn1.CC(C)n1cnnc1.CC(C)n1nccn1.Cc1cnn(C)c1C(C)(C)C.Cn1cc(C(C)(C)C)cn1.Cn1ccc(C(C)(C)C)n1. The van der Waals surface area contributed by atoms with Crippen molar-refractivity contribution in [1.29, 1.82) is 0 Å². The molecule has 1 N–H and O–H groups in total. The quantitative estimate of drug-likeness (QED) is 0.181. The molecule has 16 heteroatoms. The first-order chi connectivity index (χ1) is 29.1. The van der Waals surface area contributed by atoms with E-state index in [1.165, 1.54) is 22.5 Å². The van der Waals surface area contributed by atoms with Crippen molar-refractivity contribution in [1.82, 2.24) is 78.8 Å². The largest absolute Gasteiger partial charge is 0.365 e. The zero-order chi connectivity index (χ0) is 48.1. The minimum Gasteiger partial charge on any atom is -0.365 e. The summed E-state index contributed by atoms with van der Waals surface area (Å²) in [5.74, 6) is 0.630. The van der Waals surface area contributed by atoms with Gasteiger partial charge in [0, 0.05) is 74.0 Å². The van der Waals surface area contributed by atoms with E-state index in [4.69, 9.17) is 0 Å². The van der Waals surface area contributed by atoms with Crippen molar-refractivity contribution >= 4 is 0 Å². The molecule has 0 aliphatic rings. The second-order valence-corrected chi connectivity index (χ2v) is 19.5. The van der Waals surface area contributed by atoms with Crippen molar-refractivity contribution in [2.75, 3.05) is 0 Å². The molecule has 16 nitrogen and oxygen atoms in total. The van der Waals surface area contributed by atoms with E-state index >= 15 is 0 Å². The van der Waals surface area contributed by atoms with Gasteiger partial charge in [-0.05, 0) is 89.1 Å². The Morgan fingerprint density at radius 3 is 1.44 bits per heavy atom. The van der Waals surface area contributed by atoms with E-state index in [0.717, 1.165) is 5.69 Å². The van der Waals surface area contributed by atoms with Crippen LogP contribution in [0.2, 0.25) is 0 Å². The van der Waals surface area contributed by atoms with Gasteiger partial charge in [-0.25, -0.2) is 4.98 Å². The monoisotopic (exact) mass is 871 g/mol. The molecule has 0 aliphatic heterocycles. The highest BCUT2D eigenvalue weighted by molar-refractivity contribution is 5.22. The summed E-state index contributed by atoms with van der Waals surface area (Å²) in [5.41, 5.74) is 6.96.